The quantitative estimate of drug-likeness (QED) is 0.826. The number of ether oxygens (including phenoxy) is 1. The molecule has 0 atom stereocenters. The van der Waals surface area contributed by atoms with Crippen LogP contribution in [-0.4, -0.2) is 22.9 Å². The summed E-state index contributed by atoms with van der Waals surface area (Å²) in [4.78, 5) is 12.0. The van der Waals surface area contributed by atoms with Crippen molar-refractivity contribution in [1.29, 1.82) is 0 Å². The third kappa shape index (κ3) is 3.42. The molecule has 0 saturated carbocycles. The Morgan fingerprint density at radius 1 is 1.39 bits per heavy atom. The molecule has 0 aromatic heterocycles. The minimum atomic E-state index is -0.868. The summed E-state index contributed by atoms with van der Waals surface area (Å²) in [6.07, 6.45) is 0. The Labute approximate surface area is 113 Å². The fourth-order valence-corrected chi connectivity index (χ4v) is 2.46. The number of benzene rings is 1. The summed E-state index contributed by atoms with van der Waals surface area (Å²) in [6.45, 7) is 7.61. The van der Waals surface area contributed by atoms with Gasteiger partial charge >= 0.3 is 5.97 Å². The lowest BCUT2D eigenvalue weighted by Gasteiger charge is -2.20. The number of hydrogen-bond acceptors (Lipinski definition) is 3. The SMILES string of the molecule is COc1cc(C(C)C)ccc1SC(C)(C)C(=O)O. The summed E-state index contributed by atoms with van der Waals surface area (Å²) in [5.74, 6) is 0.327. The van der Waals surface area contributed by atoms with Gasteiger partial charge in [0.2, 0.25) is 0 Å². The molecule has 0 aliphatic carbocycles. The molecule has 1 aromatic rings. The Morgan fingerprint density at radius 3 is 2.44 bits per heavy atom. The second-order valence-electron chi connectivity index (χ2n) is 4.98. The van der Waals surface area contributed by atoms with Crippen molar-refractivity contribution in [2.24, 2.45) is 0 Å². The van der Waals surface area contributed by atoms with Crippen LogP contribution in [0.3, 0.4) is 0 Å². The summed E-state index contributed by atoms with van der Waals surface area (Å²) in [5, 5.41) is 9.15. The van der Waals surface area contributed by atoms with Crippen LogP contribution in [0.15, 0.2) is 23.1 Å². The third-order valence-electron chi connectivity index (χ3n) is 2.73. The van der Waals surface area contributed by atoms with Gasteiger partial charge in [0.05, 0.1) is 12.0 Å². The normalized spacial score (nSPS) is 11.7. The number of aliphatic carboxylic acids is 1. The Balaban J connectivity index is 3.07. The standard InChI is InChI=1S/C14H20O3S/c1-9(2)10-6-7-12(11(8-10)17-5)18-14(3,4)13(15)16/h6-9H,1-5H3,(H,15,16). The van der Waals surface area contributed by atoms with E-state index in [1.807, 2.05) is 18.2 Å². The first-order valence-corrected chi connectivity index (χ1v) is 6.70. The summed E-state index contributed by atoms with van der Waals surface area (Å²) in [7, 11) is 1.61. The molecule has 0 spiro atoms. The van der Waals surface area contributed by atoms with Crippen LogP contribution in [0.5, 0.6) is 5.75 Å². The molecule has 0 aliphatic heterocycles. The van der Waals surface area contributed by atoms with E-state index in [0.717, 1.165) is 10.6 Å². The average Bonchev–Trinajstić information content (AvgIpc) is 2.28. The lowest BCUT2D eigenvalue weighted by Crippen LogP contribution is -2.26. The highest BCUT2D eigenvalue weighted by atomic mass is 32.2. The van der Waals surface area contributed by atoms with Crippen LogP contribution in [-0.2, 0) is 4.79 Å². The van der Waals surface area contributed by atoms with Gasteiger partial charge in [0.1, 0.15) is 10.5 Å². The van der Waals surface area contributed by atoms with Crippen molar-refractivity contribution in [3.05, 3.63) is 23.8 Å². The Bertz CT molecular complexity index is 439. The first kappa shape index (κ1) is 14.9. The minimum Gasteiger partial charge on any atom is -0.496 e. The van der Waals surface area contributed by atoms with E-state index in [1.54, 1.807) is 21.0 Å². The lowest BCUT2D eigenvalue weighted by molar-refractivity contribution is -0.138. The van der Waals surface area contributed by atoms with Crippen molar-refractivity contribution < 1.29 is 14.6 Å². The third-order valence-corrected chi connectivity index (χ3v) is 3.98. The number of carbonyl (C=O) groups is 1. The van der Waals surface area contributed by atoms with Gasteiger partial charge in [0.25, 0.3) is 0 Å². The maximum Gasteiger partial charge on any atom is 0.319 e. The van der Waals surface area contributed by atoms with Crippen LogP contribution in [0.4, 0.5) is 0 Å². The van der Waals surface area contributed by atoms with Crippen LogP contribution in [0.1, 0.15) is 39.2 Å². The molecule has 3 nitrogen and oxygen atoms in total. The predicted octanol–water partition coefficient (Wildman–Crippen LogP) is 3.77. The molecular weight excluding hydrogens is 248 g/mol. The van der Waals surface area contributed by atoms with Gasteiger partial charge in [-0.25, -0.2) is 0 Å². The number of carboxylic acid groups (broad SMARTS) is 1. The van der Waals surface area contributed by atoms with Crippen molar-refractivity contribution in [1.82, 2.24) is 0 Å². The van der Waals surface area contributed by atoms with Gasteiger partial charge in [-0.15, -0.1) is 11.8 Å². The molecule has 0 saturated heterocycles. The van der Waals surface area contributed by atoms with E-state index >= 15 is 0 Å². The van der Waals surface area contributed by atoms with Crippen molar-refractivity contribution in [3.8, 4) is 5.75 Å². The van der Waals surface area contributed by atoms with Crippen molar-refractivity contribution >= 4 is 17.7 Å². The fraction of sp³-hybridized carbons (Fsp3) is 0.500. The second-order valence-corrected chi connectivity index (χ2v) is 6.65. The minimum absolute atomic E-state index is 0.422. The lowest BCUT2D eigenvalue weighted by atomic mass is 10.0. The van der Waals surface area contributed by atoms with Crippen LogP contribution in [0.2, 0.25) is 0 Å². The van der Waals surface area contributed by atoms with Crippen molar-refractivity contribution in [3.63, 3.8) is 0 Å². The molecule has 0 radical (unpaired) electrons. The van der Waals surface area contributed by atoms with Crippen LogP contribution in [0, 0.1) is 0 Å². The first-order chi connectivity index (χ1) is 8.27. The zero-order valence-electron chi connectivity index (χ0n) is 11.5. The molecular formula is C14H20O3S. The predicted molar refractivity (Wildman–Crippen MR) is 74.7 cm³/mol. The monoisotopic (exact) mass is 268 g/mol. The van der Waals surface area contributed by atoms with Gasteiger partial charge in [-0.2, -0.15) is 0 Å². The number of carboxylic acids is 1. The van der Waals surface area contributed by atoms with Gasteiger partial charge in [-0.3, -0.25) is 4.79 Å². The zero-order valence-corrected chi connectivity index (χ0v) is 12.3. The van der Waals surface area contributed by atoms with Crippen molar-refractivity contribution in [2.45, 2.75) is 43.3 Å². The summed E-state index contributed by atoms with van der Waals surface area (Å²) in [5.41, 5.74) is 1.18. The number of hydrogen-bond donors (Lipinski definition) is 1. The molecule has 0 bridgehead atoms. The molecule has 1 rings (SSSR count). The van der Waals surface area contributed by atoms with E-state index in [1.165, 1.54) is 17.3 Å². The Morgan fingerprint density at radius 2 is 2.00 bits per heavy atom. The molecule has 0 amide bonds. The van der Waals surface area contributed by atoms with E-state index < -0.39 is 10.7 Å². The van der Waals surface area contributed by atoms with Gasteiger partial charge in [-0.05, 0) is 37.5 Å². The molecule has 0 unspecified atom stereocenters. The maximum atomic E-state index is 11.1. The maximum absolute atomic E-state index is 11.1. The van der Waals surface area contributed by atoms with E-state index in [0.29, 0.717) is 5.92 Å². The van der Waals surface area contributed by atoms with Crippen molar-refractivity contribution in [2.75, 3.05) is 7.11 Å². The largest absolute Gasteiger partial charge is 0.496 e. The highest BCUT2D eigenvalue weighted by Crippen LogP contribution is 2.39. The second kappa shape index (κ2) is 5.65. The van der Waals surface area contributed by atoms with Crippen LogP contribution in [0.25, 0.3) is 0 Å². The fourth-order valence-electron chi connectivity index (χ4n) is 1.45. The zero-order chi connectivity index (χ0) is 13.9. The summed E-state index contributed by atoms with van der Waals surface area (Å²) in [6, 6.07) is 5.93. The first-order valence-electron chi connectivity index (χ1n) is 5.88. The molecule has 0 aliphatic rings. The molecule has 100 valence electrons. The Hall–Kier alpha value is -1.16. The molecule has 0 heterocycles. The molecule has 18 heavy (non-hydrogen) atoms. The summed E-state index contributed by atoms with van der Waals surface area (Å²) >= 11 is 1.30. The van der Waals surface area contributed by atoms with Gasteiger partial charge < -0.3 is 9.84 Å². The van der Waals surface area contributed by atoms with E-state index in [4.69, 9.17) is 9.84 Å². The number of rotatable bonds is 5. The molecule has 0 fully saturated rings. The molecule has 1 N–H and O–H groups in total. The average molecular weight is 268 g/mol. The van der Waals surface area contributed by atoms with Crippen LogP contribution >= 0.6 is 11.8 Å². The van der Waals surface area contributed by atoms with Crippen LogP contribution < -0.4 is 4.74 Å². The van der Waals surface area contributed by atoms with Gasteiger partial charge in [-0.1, -0.05) is 19.9 Å². The Kier molecular flexibility index (Phi) is 4.68. The number of methoxy groups -OCH3 is 1. The van der Waals surface area contributed by atoms with E-state index in [-0.39, 0.29) is 0 Å². The van der Waals surface area contributed by atoms with Gasteiger partial charge in [0, 0.05) is 0 Å². The highest BCUT2D eigenvalue weighted by Gasteiger charge is 2.29. The topological polar surface area (TPSA) is 46.5 Å². The van der Waals surface area contributed by atoms with E-state index in [9.17, 15) is 4.79 Å². The van der Waals surface area contributed by atoms with E-state index in [2.05, 4.69) is 13.8 Å². The molecule has 1 aromatic carbocycles. The number of thioether (sulfide) groups is 1. The van der Waals surface area contributed by atoms with Gasteiger partial charge in [0.15, 0.2) is 0 Å². The highest BCUT2D eigenvalue weighted by molar-refractivity contribution is 8.01. The smallest absolute Gasteiger partial charge is 0.319 e. The summed E-state index contributed by atoms with van der Waals surface area (Å²) < 4.78 is 4.48. The molecule has 4 heteroatoms.